The Balaban J connectivity index is 1.74. The van der Waals surface area contributed by atoms with E-state index >= 15 is 0 Å². The van der Waals surface area contributed by atoms with E-state index in [1.165, 1.54) is 0 Å². The molecule has 0 bridgehead atoms. The van der Waals surface area contributed by atoms with Crippen LogP contribution in [0.4, 0.5) is 5.69 Å². The molecule has 0 saturated heterocycles. The van der Waals surface area contributed by atoms with Crippen LogP contribution >= 0.6 is 0 Å². The second-order valence-electron chi connectivity index (χ2n) is 5.33. The van der Waals surface area contributed by atoms with Crippen LogP contribution in [0.5, 0.6) is 5.75 Å². The van der Waals surface area contributed by atoms with E-state index in [2.05, 4.69) is 20.9 Å². The predicted octanol–water partition coefficient (Wildman–Crippen LogP) is 2.04. The smallest absolute Gasteiger partial charge is 0.243 e. The number of anilines is 1. The number of nitrogens with zero attached hydrogens (tertiary/aromatic N) is 1. The van der Waals surface area contributed by atoms with Gasteiger partial charge in [0.25, 0.3) is 0 Å². The SMILES string of the molecule is CN=C(NCCc1ccccc1OC)NCC(=O)Nc1ccccc1. The van der Waals surface area contributed by atoms with Crippen LogP contribution in [0.25, 0.3) is 0 Å². The first-order chi connectivity index (χ1) is 12.2. The lowest BCUT2D eigenvalue weighted by molar-refractivity contribution is -0.115. The summed E-state index contributed by atoms with van der Waals surface area (Å²) in [4.78, 5) is 16.1. The van der Waals surface area contributed by atoms with Gasteiger partial charge in [0.1, 0.15) is 5.75 Å². The number of rotatable bonds is 7. The summed E-state index contributed by atoms with van der Waals surface area (Å²) in [5.41, 5.74) is 1.89. The number of ether oxygens (including phenoxy) is 1. The highest BCUT2D eigenvalue weighted by molar-refractivity contribution is 5.94. The summed E-state index contributed by atoms with van der Waals surface area (Å²) in [5, 5.41) is 9.01. The number of carbonyl (C=O) groups is 1. The van der Waals surface area contributed by atoms with Crippen molar-refractivity contribution >= 4 is 17.6 Å². The van der Waals surface area contributed by atoms with Crippen molar-refractivity contribution in [2.45, 2.75) is 6.42 Å². The van der Waals surface area contributed by atoms with Gasteiger partial charge >= 0.3 is 0 Å². The number of aliphatic imine (C=N–C) groups is 1. The lowest BCUT2D eigenvalue weighted by Crippen LogP contribution is -2.42. The van der Waals surface area contributed by atoms with Crippen LogP contribution in [0, 0.1) is 0 Å². The molecule has 0 aliphatic rings. The fraction of sp³-hybridized carbons (Fsp3) is 0.263. The van der Waals surface area contributed by atoms with Crippen LogP contribution < -0.4 is 20.7 Å². The molecule has 6 heteroatoms. The lowest BCUT2D eigenvalue weighted by Gasteiger charge is -2.13. The first-order valence-corrected chi connectivity index (χ1v) is 8.14. The third-order valence-electron chi connectivity index (χ3n) is 3.58. The summed E-state index contributed by atoms with van der Waals surface area (Å²) >= 11 is 0. The Morgan fingerprint density at radius 2 is 1.76 bits per heavy atom. The molecule has 0 heterocycles. The zero-order chi connectivity index (χ0) is 17.9. The van der Waals surface area contributed by atoms with Crippen LogP contribution in [0.2, 0.25) is 0 Å². The molecule has 0 atom stereocenters. The minimum atomic E-state index is -0.126. The van der Waals surface area contributed by atoms with E-state index < -0.39 is 0 Å². The maximum atomic E-state index is 11.9. The van der Waals surface area contributed by atoms with Crippen LogP contribution in [0.1, 0.15) is 5.56 Å². The number of benzene rings is 2. The Kier molecular flexibility index (Phi) is 7.31. The van der Waals surface area contributed by atoms with E-state index in [4.69, 9.17) is 4.74 Å². The first-order valence-electron chi connectivity index (χ1n) is 8.14. The number of carbonyl (C=O) groups excluding carboxylic acids is 1. The Hall–Kier alpha value is -3.02. The predicted molar refractivity (Wildman–Crippen MR) is 101 cm³/mol. The minimum Gasteiger partial charge on any atom is -0.496 e. The fourth-order valence-electron chi connectivity index (χ4n) is 2.34. The van der Waals surface area contributed by atoms with Gasteiger partial charge in [-0.1, -0.05) is 36.4 Å². The largest absolute Gasteiger partial charge is 0.496 e. The van der Waals surface area contributed by atoms with Gasteiger partial charge in [-0.3, -0.25) is 9.79 Å². The molecule has 0 unspecified atom stereocenters. The standard InChI is InChI=1S/C19H24N4O2/c1-20-19(21-13-12-15-8-6-7-11-17(15)25-2)22-14-18(24)23-16-9-4-3-5-10-16/h3-11H,12-14H2,1-2H3,(H,23,24)(H2,20,21,22). The van der Waals surface area contributed by atoms with Crippen molar-refractivity contribution < 1.29 is 9.53 Å². The topological polar surface area (TPSA) is 74.8 Å². The van der Waals surface area contributed by atoms with E-state index in [-0.39, 0.29) is 12.5 Å². The summed E-state index contributed by atoms with van der Waals surface area (Å²) < 4.78 is 5.34. The van der Waals surface area contributed by atoms with Crippen LogP contribution in [-0.4, -0.2) is 39.1 Å². The molecule has 2 aromatic carbocycles. The van der Waals surface area contributed by atoms with E-state index in [0.717, 1.165) is 23.4 Å². The van der Waals surface area contributed by atoms with Crippen LogP contribution in [0.15, 0.2) is 59.6 Å². The second kappa shape index (κ2) is 9.97. The van der Waals surface area contributed by atoms with Crippen molar-refractivity contribution in [2.75, 3.05) is 32.6 Å². The summed E-state index contributed by atoms with van der Waals surface area (Å²) in [6.07, 6.45) is 0.793. The average Bonchev–Trinajstić information content (AvgIpc) is 2.65. The Labute approximate surface area is 148 Å². The van der Waals surface area contributed by atoms with E-state index in [1.807, 2.05) is 54.6 Å². The highest BCUT2D eigenvalue weighted by Crippen LogP contribution is 2.17. The summed E-state index contributed by atoms with van der Waals surface area (Å²) in [6, 6.07) is 17.3. The molecule has 0 fully saturated rings. The molecular formula is C19H24N4O2. The number of guanidine groups is 1. The first kappa shape index (κ1) is 18.3. The molecule has 2 aromatic rings. The third-order valence-corrected chi connectivity index (χ3v) is 3.58. The molecule has 6 nitrogen and oxygen atoms in total. The second-order valence-corrected chi connectivity index (χ2v) is 5.33. The molecular weight excluding hydrogens is 316 g/mol. The van der Waals surface area contributed by atoms with Gasteiger partial charge in [-0.15, -0.1) is 0 Å². The molecule has 25 heavy (non-hydrogen) atoms. The molecule has 0 spiro atoms. The quantitative estimate of drug-likeness (QED) is 0.533. The number of amides is 1. The van der Waals surface area contributed by atoms with Gasteiger partial charge < -0.3 is 20.7 Å². The number of nitrogens with one attached hydrogen (secondary N) is 3. The lowest BCUT2D eigenvalue weighted by atomic mass is 10.1. The monoisotopic (exact) mass is 340 g/mol. The van der Waals surface area contributed by atoms with Gasteiger partial charge in [0, 0.05) is 19.3 Å². The molecule has 0 aliphatic heterocycles. The molecule has 0 aromatic heterocycles. The Bertz CT molecular complexity index is 702. The minimum absolute atomic E-state index is 0.126. The maximum Gasteiger partial charge on any atom is 0.243 e. The number of hydrogen-bond donors (Lipinski definition) is 3. The van der Waals surface area contributed by atoms with Crippen molar-refractivity contribution in [3.8, 4) is 5.75 Å². The van der Waals surface area contributed by atoms with Gasteiger partial charge in [-0.2, -0.15) is 0 Å². The van der Waals surface area contributed by atoms with Gasteiger partial charge in [-0.05, 0) is 30.2 Å². The third kappa shape index (κ3) is 6.18. The highest BCUT2D eigenvalue weighted by atomic mass is 16.5. The van der Waals surface area contributed by atoms with Gasteiger partial charge in [0.2, 0.25) is 5.91 Å². The zero-order valence-electron chi connectivity index (χ0n) is 14.6. The Morgan fingerprint density at radius 3 is 2.48 bits per heavy atom. The summed E-state index contributed by atoms with van der Waals surface area (Å²) in [6.45, 7) is 0.823. The number of methoxy groups -OCH3 is 1. The van der Waals surface area contributed by atoms with Crippen molar-refractivity contribution in [3.63, 3.8) is 0 Å². The molecule has 3 N–H and O–H groups in total. The van der Waals surface area contributed by atoms with Crippen molar-refractivity contribution in [1.82, 2.24) is 10.6 Å². The van der Waals surface area contributed by atoms with Crippen LogP contribution in [-0.2, 0) is 11.2 Å². The van der Waals surface area contributed by atoms with E-state index in [9.17, 15) is 4.79 Å². The van der Waals surface area contributed by atoms with E-state index in [1.54, 1.807) is 14.2 Å². The molecule has 2 rings (SSSR count). The fourth-order valence-corrected chi connectivity index (χ4v) is 2.34. The summed E-state index contributed by atoms with van der Waals surface area (Å²) in [7, 11) is 3.34. The molecule has 1 amide bonds. The molecule has 0 radical (unpaired) electrons. The summed E-state index contributed by atoms with van der Waals surface area (Å²) in [5.74, 6) is 1.33. The number of para-hydroxylation sites is 2. The molecule has 0 aliphatic carbocycles. The molecule has 0 saturated carbocycles. The van der Waals surface area contributed by atoms with Gasteiger partial charge in [0.15, 0.2) is 5.96 Å². The van der Waals surface area contributed by atoms with Crippen molar-refractivity contribution in [2.24, 2.45) is 4.99 Å². The van der Waals surface area contributed by atoms with Crippen molar-refractivity contribution in [3.05, 3.63) is 60.2 Å². The normalized spacial score (nSPS) is 10.9. The molecule has 132 valence electrons. The van der Waals surface area contributed by atoms with Gasteiger partial charge in [-0.25, -0.2) is 0 Å². The number of hydrogen-bond acceptors (Lipinski definition) is 3. The van der Waals surface area contributed by atoms with Crippen molar-refractivity contribution in [1.29, 1.82) is 0 Å². The highest BCUT2D eigenvalue weighted by Gasteiger charge is 2.05. The zero-order valence-corrected chi connectivity index (χ0v) is 14.6. The average molecular weight is 340 g/mol. The van der Waals surface area contributed by atoms with Gasteiger partial charge in [0.05, 0.1) is 13.7 Å². The van der Waals surface area contributed by atoms with Crippen LogP contribution in [0.3, 0.4) is 0 Å². The Morgan fingerprint density at radius 1 is 1.04 bits per heavy atom. The maximum absolute atomic E-state index is 11.9. The van der Waals surface area contributed by atoms with E-state index in [0.29, 0.717) is 12.5 Å².